The Kier molecular flexibility index (Phi) is 5.44. The van der Waals surface area contributed by atoms with Crippen LogP contribution in [0, 0.1) is 0 Å². The van der Waals surface area contributed by atoms with Crippen molar-refractivity contribution in [3.8, 4) is 5.75 Å². The molecule has 102 valence electrons. The van der Waals surface area contributed by atoms with Gasteiger partial charge in [0.15, 0.2) is 0 Å². The van der Waals surface area contributed by atoms with Crippen molar-refractivity contribution >= 4 is 28.6 Å². The number of anilines is 1. The van der Waals surface area contributed by atoms with Gasteiger partial charge in [-0.1, -0.05) is 0 Å². The summed E-state index contributed by atoms with van der Waals surface area (Å²) in [5.41, 5.74) is 0.922. The average molecular weight is 299 g/mol. The predicted molar refractivity (Wildman–Crippen MR) is 78.1 cm³/mol. The third-order valence-electron chi connectivity index (χ3n) is 2.42. The SMILES string of the molecule is OC(CCl)CNc1ccc(OCc2nccs2)cc1. The number of thiazole rings is 1. The van der Waals surface area contributed by atoms with Crippen molar-refractivity contribution < 1.29 is 9.84 Å². The van der Waals surface area contributed by atoms with Gasteiger partial charge in [-0.05, 0) is 24.3 Å². The highest BCUT2D eigenvalue weighted by Gasteiger charge is 2.02. The summed E-state index contributed by atoms with van der Waals surface area (Å²) in [4.78, 5) is 4.15. The summed E-state index contributed by atoms with van der Waals surface area (Å²) in [6, 6.07) is 7.56. The van der Waals surface area contributed by atoms with E-state index in [-0.39, 0.29) is 5.88 Å². The van der Waals surface area contributed by atoms with Crippen LogP contribution in [0.3, 0.4) is 0 Å². The largest absolute Gasteiger partial charge is 0.486 e. The van der Waals surface area contributed by atoms with Gasteiger partial charge < -0.3 is 15.2 Å². The molecule has 19 heavy (non-hydrogen) atoms. The number of hydrogen-bond donors (Lipinski definition) is 2. The smallest absolute Gasteiger partial charge is 0.140 e. The Balaban J connectivity index is 1.81. The van der Waals surface area contributed by atoms with Crippen LogP contribution in [0.2, 0.25) is 0 Å². The number of aromatic nitrogens is 1. The molecule has 1 aromatic carbocycles. The first-order valence-electron chi connectivity index (χ1n) is 5.87. The number of hydrogen-bond acceptors (Lipinski definition) is 5. The second-order valence-electron chi connectivity index (χ2n) is 3.93. The van der Waals surface area contributed by atoms with Gasteiger partial charge in [0.25, 0.3) is 0 Å². The molecule has 1 atom stereocenters. The third-order valence-corrected chi connectivity index (χ3v) is 3.53. The Morgan fingerprint density at radius 1 is 1.37 bits per heavy atom. The van der Waals surface area contributed by atoms with Gasteiger partial charge in [-0.15, -0.1) is 22.9 Å². The number of nitrogens with one attached hydrogen (secondary N) is 1. The molecule has 0 radical (unpaired) electrons. The minimum atomic E-state index is -0.539. The molecule has 2 N–H and O–H groups in total. The van der Waals surface area contributed by atoms with E-state index in [0.29, 0.717) is 13.2 Å². The molecule has 0 saturated carbocycles. The van der Waals surface area contributed by atoms with Crippen molar-refractivity contribution in [3.05, 3.63) is 40.8 Å². The van der Waals surface area contributed by atoms with E-state index in [1.165, 1.54) is 0 Å². The van der Waals surface area contributed by atoms with Crippen LogP contribution in [0.15, 0.2) is 35.8 Å². The van der Waals surface area contributed by atoms with Gasteiger partial charge >= 0.3 is 0 Å². The van der Waals surface area contributed by atoms with E-state index in [4.69, 9.17) is 16.3 Å². The van der Waals surface area contributed by atoms with Crippen molar-refractivity contribution in [1.82, 2.24) is 4.98 Å². The summed E-state index contributed by atoms with van der Waals surface area (Å²) < 4.78 is 5.60. The Morgan fingerprint density at radius 2 is 2.16 bits per heavy atom. The number of rotatable bonds is 7. The molecule has 0 fully saturated rings. The lowest BCUT2D eigenvalue weighted by Crippen LogP contribution is -2.20. The maximum absolute atomic E-state index is 9.34. The predicted octanol–water partition coefficient (Wildman–Crippen LogP) is 2.73. The molecule has 0 aliphatic rings. The first kappa shape index (κ1) is 14.1. The fraction of sp³-hybridized carbons (Fsp3) is 0.308. The molecule has 0 aliphatic heterocycles. The van der Waals surface area contributed by atoms with E-state index in [9.17, 15) is 5.11 Å². The number of ether oxygens (including phenoxy) is 1. The summed E-state index contributed by atoms with van der Waals surface area (Å²) in [6.07, 6.45) is 1.22. The molecule has 2 rings (SSSR count). The lowest BCUT2D eigenvalue weighted by atomic mass is 10.3. The molecule has 2 aromatic rings. The topological polar surface area (TPSA) is 54.4 Å². The monoisotopic (exact) mass is 298 g/mol. The van der Waals surface area contributed by atoms with E-state index in [1.807, 2.05) is 29.6 Å². The number of nitrogens with zero attached hydrogens (tertiary/aromatic N) is 1. The Hall–Kier alpha value is -1.30. The molecule has 0 spiro atoms. The minimum absolute atomic E-state index is 0.224. The summed E-state index contributed by atoms with van der Waals surface area (Å²) in [5, 5.41) is 15.3. The minimum Gasteiger partial charge on any atom is -0.486 e. The van der Waals surface area contributed by atoms with Crippen molar-refractivity contribution in [3.63, 3.8) is 0 Å². The van der Waals surface area contributed by atoms with Crippen LogP contribution in [0.25, 0.3) is 0 Å². The van der Waals surface area contributed by atoms with Crippen LogP contribution in [0.4, 0.5) is 5.69 Å². The van der Waals surface area contributed by atoms with Gasteiger partial charge in [0.2, 0.25) is 0 Å². The van der Waals surface area contributed by atoms with Crippen LogP contribution >= 0.6 is 22.9 Å². The number of aliphatic hydroxyl groups is 1. The van der Waals surface area contributed by atoms with Gasteiger partial charge in [-0.3, -0.25) is 0 Å². The van der Waals surface area contributed by atoms with E-state index < -0.39 is 6.10 Å². The molecule has 6 heteroatoms. The highest BCUT2D eigenvalue weighted by molar-refractivity contribution is 7.09. The Bertz CT molecular complexity index is 476. The lowest BCUT2D eigenvalue weighted by molar-refractivity contribution is 0.211. The third kappa shape index (κ3) is 4.70. The Labute approximate surface area is 121 Å². The van der Waals surface area contributed by atoms with Crippen molar-refractivity contribution in [1.29, 1.82) is 0 Å². The van der Waals surface area contributed by atoms with E-state index >= 15 is 0 Å². The Morgan fingerprint density at radius 3 is 2.79 bits per heavy atom. The molecular formula is C13H15ClN2O2S. The summed E-state index contributed by atoms with van der Waals surface area (Å²) in [5.74, 6) is 1.01. The van der Waals surface area contributed by atoms with E-state index in [1.54, 1.807) is 17.5 Å². The van der Waals surface area contributed by atoms with Crippen LogP contribution in [-0.2, 0) is 6.61 Å². The summed E-state index contributed by atoms with van der Waals surface area (Å²) in [6.45, 7) is 0.915. The molecule has 1 aromatic heterocycles. The summed E-state index contributed by atoms with van der Waals surface area (Å²) in [7, 11) is 0. The highest BCUT2D eigenvalue weighted by atomic mass is 35.5. The van der Waals surface area contributed by atoms with Gasteiger partial charge in [-0.25, -0.2) is 4.98 Å². The molecule has 0 bridgehead atoms. The molecule has 1 unspecified atom stereocenters. The second-order valence-corrected chi connectivity index (χ2v) is 5.22. The average Bonchev–Trinajstić information content (AvgIpc) is 2.97. The molecule has 0 aliphatic carbocycles. The van der Waals surface area contributed by atoms with Crippen molar-refractivity contribution in [2.45, 2.75) is 12.7 Å². The maximum atomic E-state index is 9.34. The molecule has 1 heterocycles. The molecule has 0 saturated heterocycles. The maximum Gasteiger partial charge on any atom is 0.140 e. The van der Waals surface area contributed by atoms with Gasteiger partial charge in [0.1, 0.15) is 17.4 Å². The zero-order valence-corrected chi connectivity index (χ0v) is 11.8. The standard InChI is InChI=1S/C13H15ClN2O2S/c14-7-11(17)8-16-10-1-3-12(4-2-10)18-9-13-15-5-6-19-13/h1-6,11,16-17H,7-9H2. The highest BCUT2D eigenvalue weighted by Crippen LogP contribution is 2.17. The van der Waals surface area contributed by atoms with Crippen molar-refractivity contribution in [2.75, 3.05) is 17.7 Å². The first-order chi connectivity index (χ1) is 9.28. The van der Waals surface area contributed by atoms with Crippen LogP contribution in [-0.4, -0.2) is 28.6 Å². The molecule has 0 amide bonds. The fourth-order valence-corrected chi connectivity index (χ4v) is 2.07. The number of aliphatic hydroxyl groups excluding tert-OH is 1. The van der Waals surface area contributed by atoms with Gasteiger partial charge in [0, 0.05) is 23.8 Å². The normalized spacial score (nSPS) is 12.1. The zero-order valence-electron chi connectivity index (χ0n) is 10.3. The van der Waals surface area contributed by atoms with Crippen molar-refractivity contribution in [2.24, 2.45) is 0 Å². The number of alkyl halides is 1. The zero-order chi connectivity index (χ0) is 13.5. The number of benzene rings is 1. The lowest BCUT2D eigenvalue weighted by Gasteiger charge is -2.10. The number of halogens is 1. The van der Waals surface area contributed by atoms with Crippen LogP contribution < -0.4 is 10.1 Å². The first-order valence-corrected chi connectivity index (χ1v) is 7.28. The van der Waals surface area contributed by atoms with Gasteiger partial charge in [-0.2, -0.15) is 0 Å². The fourth-order valence-electron chi connectivity index (χ4n) is 1.43. The van der Waals surface area contributed by atoms with Crippen LogP contribution in [0.5, 0.6) is 5.75 Å². The summed E-state index contributed by atoms with van der Waals surface area (Å²) >= 11 is 7.09. The van der Waals surface area contributed by atoms with Gasteiger partial charge in [0.05, 0.1) is 12.0 Å². The van der Waals surface area contributed by atoms with Crippen LogP contribution in [0.1, 0.15) is 5.01 Å². The van der Waals surface area contributed by atoms with E-state index in [0.717, 1.165) is 16.4 Å². The quantitative estimate of drug-likeness (QED) is 0.772. The second kappa shape index (κ2) is 7.33. The van der Waals surface area contributed by atoms with E-state index in [2.05, 4.69) is 10.3 Å². The molecule has 4 nitrogen and oxygen atoms in total. The molecular weight excluding hydrogens is 284 g/mol.